The number of benzene rings is 1. The van der Waals surface area contributed by atoms with Crippen LogP contribution in [0.1, 0.15) is 16.8 Å². The number of halogens is 3. The fourth-order valence-corrected chi connectivity index (χ4v) is 1.59. The van der Waals surface area contributed by atoms with Crippen LogP contribution < -0.4 is 5.73 Å². The van der Waals surface area contributed by atoms with Gasteiger partial charge in [0, 0.05) is 16.8 Å². The van der Waals surface area contributed by atoms with Crippen LogP contribution in [-0.2, 0) is 6.18 Å². The lowest BCUT2D eigenvalue weighted by atomic mass is 10.1. The Kier molecular flexibility index (Phi) is 3.18. The Bertz CT molecular complexity index is 581. The van der Waals surface area contributed by atoms with E-state index in [0.717, 1.165) is 17.7 Å². The lowest BCUT2D eigenvalue weighted by molar-refractivity contribution is -0.137. The van der Waals surface area contributed by atoms with Crippen molar-refractivity contribution in [2.45, 2.75) is 20.0 Å². The number of hydrogen-bond donors (Lipinski definition) is 1. The molecule has 6 heteroatoms. The van der Waals surface area contributed by atoms with Gasteiger partial charge < -0.3 is 5.73 Å². The lowest BCUT2D eigenvalue weighted by Crippen LogP contribution is -2.05. The Hall–Kier alpha value is -2.11. The minimum Gasteiger partial charge on any atom is -0.383 e. The molecule has 0 amide bonds. The molecular formula is C13H12F3N3. The predicted octanol–water partition coefficient (Wildman–Crippen LogP) is 3.36. The predicted molar refractivity (Wildman–Crippen MR) is 66.4 cm³/mol. The molecule has 2 rings (SSSR count). The van der Waals surface area contributed by atoms with E-state index in [9.17, 15) is 13.2 Å². The van der Waals surface area contributed by atoms with Gasteiger partial charge in [-0.3, -0.25) is 0 Å². The Morgan fingerprint density at radius 2 is 1.58 bits per heavy atom. The second-order valence-corrected chi connectivity index (χ2v) is 4.22. The molecule has 19 heavy (non-hydrogen) atoms. The number of hydrogen-bond acceptors (Lipinski definition) is 3. The first-order chi connectivity index (χ1) is 8.79. The van der Waals surface area contributed by atoms with Crippen LogP contribution in [0.5, 0.6) is 0 Å². The number of aromatic nitrogens is 2. The summed E-state index contributed by atoms with van der Waals surface area (Å²) in [7, 11) is 0. The summed E-state index contributed by atoms with van der Waals surface area (Å²) in [6.45, 7) is 3.57. The van der Waals surface area contributed by atoms with Crippen molar-refractivity contribution >= 4 is 5.82 Å². The van der Waals surface area contributed by atoms with E-state index >= 15 is 0 Å². The van der Waals surface area contributed by atoms with E-state index in [1.165, 1.54) is 12.1 Å². The Balaban J connectivity index is 2.43. The highest BCUT2D eigenvalue weighted by atomic mass is 19.4. The van der Waals surface area contributed by atoms with Gasteiger partial charge in [-0.05, 0) is 26.0 Å². The van der Waals surface area contributed by atoms with Gasteiger partial charge in [-0.25, -0.2) is 9.97 Å². The third-order valence-electron chi connectivity index (χ3n) is 2.90. The van der Waals surface area contributed by atoms with Crippen LogP contribution in [-0.4, -0.2) is 9.97 Å². The van der Waals surface area contributed by atoms with E-state index in [1.54, 1.807) is 13.8 Å². The second-order valence-electron chi connectivity index (χ2n) is 4.22. The molecule has 0 aliphatic heterocycles. The molecule has 2 aromatic rings. The number of nitrogen functional groups attached to an aromatic ring is 1. The lowest BCUT2D eigenvalue weighted by Gasteiger charge is -2.09. The van der Waals surface area contributed by atoms with Gasteiger partial charge in [-0.2, -0.15) is 13.2 Å². The van der Waals surface area contributed by atoms with Crippen LogP contribution in [0, 0.1) is 13.8 Å². The third kappa shape index (κ3) is 2.67. The Morgan fingerprint density at radius 3 is 2.05 bits per heavy atom. The highest BCUT2D eigenvalue weighted by Gasteiger charge is 2.30. The average molecular weight is 267 g/mol. The summed E-state index contributed by atoms with van der Waals surface area (Å²) in [6, 6.07) is 4.69. The van der Waals surface area contributed by atoms with Gasteiger partial charge in [0.05, 0.1) is 5.56 Å². The first kappa shape index (κ1) is 13.3. The summed E-state index contributed by atoms with van der Waals surface area (Å²) in [5.41, 5.74) is 7.01. The molecule has 1 aromatic heterocycles. The summed E-state index contributed by atoms with van der Waals surface area (Å²) in [6.07, 6.45) is -4.35. The molecule has 2 N–H and O–H groups in total. The minimum absolute atomic E-state index is 0.328. The SMILES string of the molecule is Cc1nc(-c2ccc(C(F)(F)F)cc2)nc(N)c1C. The van der Waals surface area contributed by atoms with E-state index in [1.807, 2.05) is 0 Å². The van der Waals surface area contributed by atoms with Crippen LogP contribution in [0.3, 0.4) is 0 Å². The summed E-state index contributed by atoms with van der Waals surface area (Å²) in [5, 5.41) is 0. The number of rotatable bonds is 1. The summed E-state index contributed by atoms with van der Waals surface area (Å²) >= 11 is 0. The van der Waals surface area contributed by atoms with Crippen molar-refractivity contribution < 1.29 is 13.2 Å². The van der Waals surface area contributed by atoms with Crippen LogP contribution in [0.2, 0.25) is 0 Å². The highest BCUT2D eigenvalue weighted by molar-refractivity contribution is 5.59. The number of aryl methyl sites for hydroxylation is 1. The molecule has 0 atom stereocenters. The molecule has 0 spiro atoms. The van der Waals surface area contributed by atoms with Crippen LogP contribution >= 0.6 is 0 Å². The zero-order valence-corrected chi connectivity index (χ0v) is 10.4. The van der Waals surface area contributed by atoms with E-state index < -0.39 is 11.7 Å². The van der Waals surface area contributed by atoms with E-state index in [-0.39, 0.29) is 0 Å². The van der Waals surface area contributed by atoms with E-state index in [2.05, 4.69) is 9.97 Å². The van der Waals surface area contributed by atoms with E-state index in [0.29, 0.717) is 22.9 Å². The maximum Gasteiger partial charge on any atom is 0.416 e. The maximum atomic E-state index is 12.5. The molecule has 100 valence electrons. The highest BCUT2D eigenvalue weighted by Crippen LogP contribution is 2.30. The third-order valence-corrected chi connectivity index (χ3v) is 2.90. The number of alkyl halides is 3. The zero-order valence-electron chi connectivity index (χ0n) is 10.4. The molecule has 0 aliphatic rings. The zero-order chi connectivity index (χ0) is 14.2. The monoisotopic (exact) mass is 267 g/mol. The molecular weight excluding hydrogens is 255 g/mol. The van der Waals surface area contributed by atoms with Crippen molar-refractivity contribution in [3.8, 4) is 11.4 Å². The molecule has 0 bridgehead atoms. The van der Waals surface area contributed by atoms with E-state index in [4.69, 9.17) is 5.73 Å². The fourth-order valence-electron chi connectivity index (χ4n) is 1.59. The molecule has 0 saturated heterocycles. The topological polar surface area (TPSA) is 51.8 Å². The maximum absolute atomic E-state index is 12.5. The molecule has 3 nitrogen and oxygen atoms in total. The molecule has 0 radical (unpaired) electrons. The largest absolute Gasteiger partial charge is 0.416 e. The van der Waals surface area contributed by atoms with Crippen LogP contribution in [0.15, 0.2) is 24.3 Å². The van der Waals surface area contributed by atoms with Crippen molar-refractivity contribution in [2.24, 2.45) is 0 Å². The average Bonchev–Trinajstić information content (AvgIpc) is 2.34. The van der Waals surface area contributed by atoms with Crippen LogP contribution in [0.4, 0.5) is 19.0 Å². The Morgan fingerprint density at radius 1 is 1.00 bits per heavy atom. The van der Waals surface area contributed by atoms with Crippen LogP contribution in [0.25, 0.3) is 11.4 Å². The number of nitrogens with two attached hydrogens (primary N) is 1. The van der Waals surface area contributed by atoms with Gasteiger partial charge >= 0.3 is 6.18 Å². The smallest absolute Gasteiger partial charge is 0.383 e. The van der Waals surface area contributed by atoms with Gasteiger partial charge in [0.2, 0.25) is 0 Å². The molecule has 0 aliphatic carbocycles. The van der Waals surface area contributed by atoms with Gasteiger partial charge in [-0.1, -0.05) is 12.1 Å². The minimum atomic E-state index is -4.35. The Labute approximate surface area is 108 Å². The molecule has 0 fully saturated rings. The number of nitrogens with zero attached hydrogens (tertiary/aromatic N) is 2. The van der Waals surface area contributed by atoms with Gasteiger partial charge in [0.1, 0.15) is 5.82 Å². The first-order valence-electron chi connectivity index (χ1n) is 5.57. The fraction of sp³-hybridized carbons (Fsp3) is 0.231. The van der Waals surface area contributed by atoms with Crippen molar-refractivity contribution in [1.29, 1.82) is 0 Å². The normalized spacial score (nSPS) is 11.6. The van der Waals surface area contributed by atoms with Crippen molar-refractivity contribution in [1.82, 2.24) is 9.97 Å². The molecule has 1 heterocycles. The van der Waals surface area contributed by atoms with Crippen molar-refractivity contribution in [3.63, 3.8) is 0 Å². The van der Waals surface area contributed by atoms with Crippen molar-refractivity contribution in [2.75, 3.05) is 5.73 Å². The summed E-state index contributed by atoms with van der Waals surface area (Å²) in [4.78, 5) is 8.30. The molecule has 0 unspecified atom stereocenters. The second kappa shape index (κ2) is 4.53. The summed E-state index contributed by atoms with van der Waals surface area (Å²) in [5.74, 6) is 0.664. The molecule has 1 aromatic carbocycles. The standard InChI is InChI=1S/C13H12F3N3/c1-7-8(2)18-12(19-11(7)17)9-3-5-10(6-4-9)13(14,15)16/h3-6H,1-2H3,(H2,17,18,19). The molecule has 0 saturated carbocycles. The quantitative estimate of drug-likeness (QED) is 0.861. The first-order valence-corrected chi connectivity index (χ1v) is 5.57. The van der Waals surface area contributed by atoms with Gasteiger partial charge in [0.15, 0.2) is 5.82 Å². The van der Waals surface area contributed by atoms with Crippen molar-refractivity contribution in [3.05, 3.63) is 41.1 Å². The number of anilines is 1. The van der Waals surface area contributed by atoms with Gasteiger partial charge in [0.25, 0.3) is 0 Å². The summed E-state index contributed by atoms with van der Waals surface area (Å²) < 4.78 is 37.4. The van der Waals surface area contributed by atoms with Gasteiger partial charge in [-0.15, -0.1) is 0 Å².